The molecule has 1 aromatic rings. The van der Waals surface area contributed by atoms with Crippen LogP contribution in [0.5, 0.6) is 0 Å². The van der Waals surface area contributed by atoms with E-state index in [1.807, 2.05) is 13.0 Å². The average molecular weight is 487 g/mol. The van der Waals surface area contributed by atoms with Crippen LogP contribution in [-0.4, -0.2) is 49.0 Å². The highest BCUT2D eigenvalue weighted by Gasteiger charge is 2.48. The van der Waals surface area contributed by atoms with Gasteiger partial charge in [0.25, 0.3) is 5.91 Å². The second kappa shape index (κ2) is 9.62. The highest BCUT2D eigenvalue weighted by Crippen LogP contribution is 2.36. The summed E-state index contributed by atoms with van der Waals surface area (Å²) < 4.78 is 27.3. The van der Waals surface area contributed by atoms with E-state index in [0.29, 0.717) is 18.8 Å². The van der Waals surface area contributed by atoms with Crippen molar-refractivity contribution in [1.82, 2.24) is 9.62 Å². The number of amides is 2. The summed E-state index contributed by atoms with van der Waals surface area (Å²) in [4.78, 5) is 28.8. The van der Waals surface area contributed by atoms with Gasteiger partial charge >= 0.3 is 0 Å². The Morgan fingerprint density at radius 2 is 1.91 bits per heavy atom. The van der Waals surface area contributed by atoms with Crippen LogP contribution in [0.4, 0.5) is 0 Å². The number of piperidine rings is 1. The Bertz CT molecular complexity index is 1130. The molecule has 34 heavy (non-hydrogen) atoms. The summed E-state index contributed by atoms with van der Waals surface area (Å²) >= 11 is 0. The Morgan fingerprint density at radius 1 is 1.24 bits per heavy atom. The van der Waals surface area contributed by atoms with Crippen LogP contribution in [0.3, 0.4) is 0 Å². The summed E-state index contributed by atoms with van der Waals surface area (Å²) in [5.74, 6) is 1.35. The first kappa shape index (κ1) is 24.6. The van der Waals surface area contributed by atoms with Crippen LogP contribution in [0.15, 0.2) is 28.6 Å². The van der Waals surface area contributed by atoms with Gasteiger partial charge in [0.1, 0.15) is 11.4 Å². The highest BCUT2D eigenvalue weighted by molar-refractivity contribution is 7.92. The van der Waals surface area contributed by atoms with E-state index in [1.54, 1.807) is 18.2 Å². The van der Waals surface area contributed by atoms with Crippen LogP contribution in [0.2, 0.25) is 0 Å². The quantitative estimate of drug-likeness (QED) is 0.641. The SMILES string of the molecule is Cc1cc(CC(N)=O)ccc1/C=C/S(=O)(=O)N1CCC2(CC1)N=C(C1CCC(C)CC1)NC2=O. The van der Waals surface area contributed by atoms with Gasteiger partial charge in [0.15, 0.2) is 0 Å². The second-order valence-electron chi connectivity index (χ2n) is 10.0. The fourth-order valence-electron chi connectivity index (χ4n) is 5.20. The van der Waals surface area contributed by atoms with E-state index in [9.17, 15) is 18.0 Å². The molecule has 2 amide bonds. The third kappa shape index (κ3) is 5.25. The first-order valence-electron chi connectivity index (χ1n) is 12.1. The van der Waals surface area contributed by atoms with Crippen molar-refractivity contribution < 1.29 is 18.0 Å². The summed E-state index contributed by atoms with van der Waals surface area (Å²) in [5.41, 5.74) is 6.83. The lowest BCUT2D eigenvalue weighted by Crippen LogP contribution is -2.50. The van der Waals surface area contributed by atoms with Gasteiger partial charge in [0.05, 0.1) is 6.42 Å². The van der Waals surface area contributed by atoms with Crippen LogP contribution in [0.1, 0.15) is 62.1 Å². The van der Waals surface area contributed by atoms with Gasteiger partial charge in [-0.3, -0.25) is 14.6 Å². The Balaban J connectivity index is 1.40. The number of nitrogens with one attached hydrogen (secondary N) is 1. The first-order chi connectivity index (χ1) is 16.1. The molecule has 0 radical (unpaired) electrons. The average Bonchev–Trinajstić information content (AvgIpc) is 3.09. The largest absolute Gasteiger partial charge is 0.369 e. The Morgan fingerprint density at radius 3 is 2.53 bits per heavy atom. The van der Waals surface area contributed by atoms with E-state index in [-0.39, 0.29) is 25.4 Å². The number of rotatable bonds is 6. The zero-order valence-electron chi connectivity index (χ0n) is 19.9. The van der Waals surface area contributed by atoms with E-state index >= 15 is 0 Å². The van der Waals surface area contributed by atoms with Crippen LogP contribution in [0, 0.1) is 18.8 Å². The van der Waals surface area contributed by atoms with E-state index in [4.69, 9.17) is 10.7 Å². The summed E-state index contributed by atoms with van der Waals surface area (Å²) in [6, 6.07) is 5.40. The lowest BCUT2D eigenvalue weighted by molar-refractivity contribution is -0.125. The predicted octanol–water partition coefficient (Wildman–Crippen LogP) is 2.51. The molecule has 184 valence electrons. The van der Waals surface area contributed by atoms with Gasteiger partial charge in [-0.15, -0.1) is 0 Å². The van der Waals surface area contributed by atoms with Crippen molar-refractivity contribution in [3.05, 3.63) is 40.3 Å². The van der Waals surface area contributed by atoms with Crippen molar-refractivity contribution in [3.63, 3.8) is 0 Å². The summed E-state index contributed by atoms with van der Waals surface area (Å²) in [5, 5.41) is 4.24. The van der Waals surface area contributed by atoms with Crippen molar-refractivity contribution in [2.24, 2.45) is 22.6 Å². The molecule has 8 nitrogen and oxygen atoms in total. The number of aliphatic imine (C=N–C) groups is 1. The Hall–Kier alpha value is -2.52. The van der Waals surface area contributed by atoms with Crippen LogP contribution in [0.25, 0.3) is 6.08 Å². The minimum absolute atomic E-state index is 0.0830. The lowest BCUT2D eigenvalue weighted by Gasteiger charge is -2.34. The molecule has 1 aliphatic carbocycles. The number of carbonyl (C=O) groups excluding carboxylic acids is 2. The number of nitrogens with two attached hydrogens (primary N) is 1. The van der Waals surface area contributed by atoms with Crippen molar-refractivity contribution >= 4 is 33.7 Å². The monoisotopic (exact) mass is 486 g/mol. The smallest absolute Gasteiger partial charge is 0.253 e. The van der Waals surface area contributed by atoms with Gasteiger partial charge in [-0.2, -0.15) is 4.31 Å². The number of hydrogen-bond donors (Lipinski definition) is 2. The number of aryl methyl sites for hydroxylation is 1. The van der Waals surface area contributed by atoms with Crippen LogP contribution in [-0.2, 0) is 26.0 Å². The van der Waals surface area contributed by atoms with Crippen molar-refractivity contribution in [2.75, 3.05) is 13.1 Å². The number of primary amides is 1. The van der Waals surface area contributed by atoms with Gasteiger partial charge in [-0.25, -0.2) is 8.42 Å². The molecule has 1 saturated heterocycles. The van der Waals surface area contributed by atoms with Gasteiger partial charge < -0.3 is 11.1 Å². The number of sulfonamides is 1. The van der Waals surface area contributed by atoms with Crippen molar-refractivity contribution in [1.29, 1.82) is 0 Å². The zero-order chi connectivity index (χ0) is 24.5. The van der Waals surface area contributed by atoms with Crippen molar-refractivity contribution in [2.45, 2.75) is 64.3 Å². The Kier molecular flexibility index (Phi) is 6.96. The Labute approximate surface area is 201 Å². The van der Waals surface area contributed by atoms with Crippen LogP contribution >= 0.6 is 0 Å². The maximum absolute atomic E-state index is 13.0. The van der Waals surface area contributed by atoms with E-state index in [1.165, 1.54) is 9.71 Å². The molecule has 0 unspecified atom stereocenters. The third-order valence-electron chi connectivity index (χ3n) is 7.44. The maximum atomic E-state index is 13.0. The minimum Gasteiger partial charge on any atom is -0.369 e. The number of amidine groups is 1. The maximum Gasteiger partial charge on any atom is 0.253 e. The summed E-state index contributed by atoms with van der Waals surface area (Å²) in [6.45, 7) is 4.64. The molecule has 0 aromatic heterocycles. The number of carbonyl (C=O) groups is 2. The second-order valence-corrected chi connectivity index (χ2v) is 11.8. The highest BCUT2D eigenvalue weighted by atomic mass is 32.2. The third-order valence-corrected chi connectivity index (χ3v) is 9.01. The minimum atomic E-state index is -3.63. The molecule has 1 saturated carbocycles. The molecule has 2 heterocycles. The molecule has 4 rings (SSSR count). The van der Waals surface area contributed by atoms with E-state index < -0.39 is 21.5 Å². The topological polar surface area (TPSA) is 122 Å². The molecule has 1 spiro atoms. The molecule has 0 atom stereocenters. The molecule has 3 N–H and O–H groups in total. The van der Waals surface area contributed by atoms with E-state index in [2.05, 4.69) is 12.2 Å². The van der Waals surface area contributed by atoms with Gasteiger partial charge in [0, 0.05) is 24.4 Å². The van der Waals surface area contributed by atoms with Gasteiger partial charge in [0.2, 0.25) is 15.9 Å². The number of hydrogen-bond acceptors (Lipinski definition) is 5. The lowest BCUT2D eigenvalue weighted by atomic mass is 9.82. The first-order valence-corrected chi connectivity index (χ1v) is 13.6. The molecule has 0 bridgehead atoms. The molecule has 2 aliphatic heterocycles. The normalized spacial score (nSPS) is 25.5. The molecule has 9 heteroatoms. The predicted molar refractivity (Wildman–Crippen MR) is 132 cm³/mol. The van der Waals surface area contributed by atoms with Crippen LogP contribution < -0.4 is 11.1 Å². The molecule has 1 aromatic carbocycles. The molecule has 3 aliphatic rings. The molecule has 2 fully saturated rings. The standard InChI is InChI=1S/C25H34N4O4S/c1-17-3-6-21(7-4-17)23-27-24(31)25(28-23)10-12-29(13-11-25)34(32,33)14-9-20-8-5-19(15-18(20)2)16-22(26)30/h5,8-9,14-15,17,21H,3-4,6-7,10-13,16H2,1-2H3,(H2,26,30)(H,27,28,31)/b14-9+. The van der Waals surface area contributed by atoms with Gasteiger partial charge in [-0.1, -0.05) is 38.0 Å². The summed E-state index contributed by atoms with van der Waals surface area (Å²) in [7, 11) is -3.63. The molecular formula is C25H34N4O4S. The van der Waals surface area contributed by atoms with E-state index in [0.717, 1.165) is 54.1 Å². The fraction of sp³-hybridized carbons (Fsp3) is 0.560. The van der Waals surface area contributed by atoms with Gasteiger partial charge in [-0.05, 0) is 61.3 Å². The summed E-state index contributed by atoms with van der Waals surface area (Å²) in [6.07, 6.45) is 6.90. The molecular weight excluding hydrogens is 452 g/mol. The zero-order valence-corrected chi connectivity index (χ0v) is 20.7. The number of benzene rings is 1. The fourth-order valence-corrected chi connectivity index (χ4v) is 6.38. The number of nitrogens with zero attached hydrogens (tertiary/aromatic N) is 2. The van der Waals surface area contributed by atoms with Crippen molar-refractivity contribution in [3.8, 4) is 0 Å².